The quantitative estimate of drug-likeness (QED) is 0.261. The van der Waals surface area contributed by atoms with Crippen LogP contribution in [-0.4, -0.2) is 22.5 Å². The molecule has 156 valence electrons. The van der Waals surface area contributed by atoms with Crippen molar-refractivity contribution in [1.82, 2.24) is 4.98 Å². The van der Waals surface area contributed by atoms with Crippen LogP contribution in [0, 0.1) is 18.3 Å². The van der Waals surface area contributed by atoms with Crippen LogP contribution in [0.1, 0.15) is 40.2 Å². The second-order valence-corrected chi connectivity index (χ2v) is 8.88. The maximum atomic E-state index is 12.7. The van der Waals surface area contributed by atoms with Crippen LogP contribution in [-0.2, 0) is 11.2 Å². The molecule has 0 N–H and O–H groups in total. The van der Waals surface area contributed by atoms with Gasteiger partial charge in [0.05, 0.1) is 28.1 Å². The number of nitriles is 1. The number of aromatic nitrogens is 1. The van der Waals surface area contributed by atoms with E-state index >= 15 is 0 Å². The van der Waals surface area contributed by atoms with Gasteiger partial charge in [-0.25, -0.2) is 4.98 Å². The summed E-state index contributed by atoms with van der Waals surface area (Å²) in [4.78, 5) is 29.6. The Bertz CT molecular complexity index is 1210. The van der Waals surface area contributed by atoms with E-state index < -0.39 is 5.97 Å². The maximum Gasteiger partial charge on any atom is 0.321 e. The minimum atomic E-state index is -0.456. The summed E-state index contributed by atoms with van der Waals surface area (Å²) < 4.78 is 12.0. The molecule has 2 heterocycles. The van der Waals surface area contributed by atoms with Gasteiger partial charge in [-0.2, -0.15) is 5.26 Å². The Kier molecular flexibility index (Phi) is 6.25. The number of halogens is 1. The lowest BCUT2D eigenvalue weighted by molar-refractivity contribution is -0.131. The average Bonchev–Trinajstić information content (AvgIpc) is 3.19. The number of hydrogen-bond donors (Lipinski definition) is 0. The summed E-state index contributed by atoms with van der Waals surface area (Å²) in [5.41, 5.74) is 1.81. The van der Waals surface area contributed by atoms with Crippen LogP contribution in [0.4, 0.5) is 0 Å². The number of ketones is 1. The van der Waals surface area contributed by atoms with Gasteiger partial charge in [0, 0.05) is 10.9 Å². The van der Waals surface area contributed by atoms with Crippen molar-refractivity contribution in [3.8, 4) is 23.1 Å². The van der Waals surface area contributed by atoms with Gasteiger partial charge >= 0.3 is 5.97 Å². The first kappa shape index (κ1) is 21.3. The number of hydrogen-bond acceptors (Lipinski definition) is 7. The van der Waals surface area contributed by atoms with Gasteiger partial charge < -0.3 is 9.15 Å². The number of ether oxygens (including phenoxy) is 1. The smallest absolute Gasteiger partial charge is 0.321 e. The van der Waals surface area contributed by atoms with Crippen molar-refractivity contribution in [2.75, 3.05) is 5.75 Å². The van der Waals surface area contributed by atoms with E-state index in [1.54, 1.807) is 43.3 Å². The normalized spacial score (nSPS) is 12.9. The van der Waals surface area contributed by atoms with Crippen molar-refractivity contribution in [2.45, 2.75) is 31.2 Å². The molecule has 0 amide bonds. The lowest BCUT2D eigenvalue weighted by Crippen LogP contribution is -2.17. The summed E-state index contributed by atoms with van der Waals surface area (Å²) in [6.45, 7) is 1.80. The van der Waals surface area contributed by atoms with E-state index in [0.29, 0.717) is 58.4 Å². The number of rotatable bonds is 5. The highest BCUT2D eigenvalue weighted by Crippen LogP contribution is 2.38. The Morgan fingerprint density at radius 2 is 2.00 bits per heavy atom. The van der Waals surface area contributed by atoms with E-state index in [0.717, 1.165) is 16.2 Å². The fraction of sp³-hybridized carbons (Fsp3) is 0.217. The predicted molar refractivity (Wildman–Crippen MR) is 119 cm³/mol. The fourth-order valence-corrected chi connectivity index (χ4v) is 4.49. The van der Waals surface area contributed by atoms with Crippen molar-refractivity contribution < 1.29 is 18.7 Å². The highest BCUT2D eigenvalue weighted by atomic mass is 79.9. The first-order valence-electron chi connectivity index (χ1n) is 9.62. The molecule has 1 aliphatic carbocycles. The monoisotopic (exact) mass is 496 g/mol. The summed E-state index contributed by atoms with van der Waals surface area (Å²) in [5.74, 6) is 1.05. The number of fused-ring (bicyclic) bond motifs is 1. The zero-order valence-electron chi connectivity index (χ0n) is 16.6. The van der Waals surface area contributed by atoms with Crippen LogP contribution in [0.25, 0.3) is 11.3 Å². The molecule has 0 saturated carbocycles. The second-order valence-electron chi connectivity index (χ2n) is 7.00. The molecule has 4 rings (SSSR count). The number of benzene rings is 1. The van der Waals surface area contributed by atoms with Crippen molar-refractivity contribution >= 4 is 39.4 Å². The number of esters is 1. The number of pyridine rings is 1. The van der Waals surface area contributed by atoms with E-state index in [2.05, 4.69) is 27.0 Å². The molecule has 1 aliphatic rings. The molecule has 0 atom stereocenters. The van der Waals surface area contributed by atoms with Gasteiger partial charge in [0.15, 0.2) is 5.78 Å². The zero-order chi connectivity index (χ0) is 22.0. The molecule has 6 nitrogen and oxygen atoms in total. The number of aryl methyl sites for hydroxylation is 2. The van der Waals surface area contributed by atoms with Crippen LogP contribution in [0.5, 0.6) is 5.75 Å². The molecule has 3 aromatic rings. The Morgan fingerprint density at radius 1 is 1.23 bits per heavy atom. The molecular weight excluding hydrogens is 480 g/mol. The number of carbonyl (C=O) groups is 2. The van der Waals surface area contributed by atoms with E-state index in [9.17, 15) is 14.9 Å². The summed E-state index contributed by atoms with van der Waals surface area (Å²) in [7, 11) is 0. The number of furan rings is 1. The van der Waals surface area contributed by atoms with Crippen molar-refractivity contribution in [3.63, 3.8) is 0 Å². The number of Topliss-reactive ketones (excluding diaryl/α,β-unsaturated/α-hetero) is 1. The van der Waals surface area contributed by atoms with E-state index in [1.807, 2.05) is 0 Å². The third-order valence-electron chi connectivity index (χ3n) is 4.81. The van der Waals surface area contributed by atoms with Crippen LogP contribution in [0.2, 0.25) is 0 Å². The molecule has 31 heavy (non-hydrogen) atoms. The fourth-order valence-electron chi connectivity index (χ4n) is 3.45. The molecule has 1 aromatic carbocycles. The van der Waals surface area contributed by atoms with Crippen LogP contribution < -0.4 is 4.74 Å². The summed E-state index contributed by atoms with van der Waals surface area (Å²) in [6, 6.07) is 12.7. The number of nitrogens with zero attached hydrogens (tertiary/aromatic N) is 2. The van der Waals surface area contributed by atoms with E-state index in [1.165, 1.54) is 0 Å². The molecule has 0 unspecified atom stereocenters. The molecular formula is C23H17BrN2O4S. The number of carbonyl (C=O) groups excluding carboxylic acids is 2. The third kappa shape index (κ3) is 4.58. The van der Waals surface area contributed by atoms with Gasteiger partial charge in [-0.1, -0.05) is 27.7 Å². The second kappa shape index (κ2) is 9.08. The largest absolute Gasteiger partial charge is 0.461 e. The molecule has 8 heteroatoms. The summed E-state index contributed by atoms with van der Waals surface area (Å²) in [6.07, 6.45) is 1.76. The Hall–Kier alpha value is -2.89. The molecule has 0 bridgehead atoms. The average molecular weight is 497 g/mol. The molecule has 0 aliphatic heterocycles. The zero-order valence-corrected chi connectivity index (χ0v) is 19.0. The van der Waals surface area contributed by atoms with Gasteiger partial charge in [0.1, 0.15) is 28.4 Å². The summed E-state index contributed by atoms with van der Waals surface area (Å²) in [5, 5.41) is 10.3. The van der Waals surface area contributed by atoms with Gasteiger partial charge in [0.25, 0.3) is 0 Å². The molecule has 0 saturated heterocycles. The number of thioether (sulfide) groups is 1. The Morgan fingerprint density at radius 3 is 2.68 bits per heavy atom. The molecule has 2 aromatic heterocycles. The molecule has 0 fully saturated rings. The van der Waals surface area contributed by atoms with Crippen molar-refractivity contribution in [2.24, 2.45) is 0 Å². The predicted octanol–water partition coefficient (Wildman–Crippen LogP) is 5.50. The van der Waals surface area contributed by atoms with Crippen molar-refractivity contribution in [1.29, 1.82) is 5.26 Å². The first-order chi connectivity index (χ1) is 15.0. The third-order valence-corrected chi connectivity index (χ3v) is 6.28. The Balaban J connectivity index is 1.66. The minimum Gasteiger partial charge on any atom is -0.461 e. The lowest BCUT2D eigenvalue weighted by atomic mass is 9.88. The minimum absolute atomic E-state index is 0.0267. The molecule has 0 radical (unpaired) electrons. The topological polar surface area (TPSA) is 93.2 Å². The van der Waals surface area contributed by atoms with Gasteiger partial charge in [0.2, 0.25) is 0 Å². The maximum absolute atomic E-state index is 12.7. The van der Waals surface area contributed by atoms with Crippen molar-refractivity contribution in [3.05, 3.63) is 63.5 Å². The SMILES string of the molecule is Cc1ccc(-c2c(C#N)c(SCC(=O)Oc3ccc(Br)cc3)nc3c2C(=O)CCC3)o1. The van der Waals surface area contributed by atoms with Gasteiger partial charge in [-0.3, -0.25) is 9.59 Å². The van der Waals surface area contributed by atoms with E-state index in [-0.39, 0.29) is 17.1 Å². The lowest BCUT2D eigenvalue weighted by Gasteiger charge is -2.19. The van der Waals surface area contributed by atoms with Crippen LogP contribution in [0.15, 0.2) is 50.3 Å². The highest BCUT2D eigenvalue weighted by molar-refractivity contribution is 9.10. The first-order valence-corrected chi connectivity index (χ1v) is 11.4. The van der Waals surface area contributed by atoms with Gasteiger partial charge in [-0.05, 0) is 56.2 Å². The standard InChI is InChI=1S/C23H17BrN2O4S/c1-13-5-10-19(29-13)21-16(11-25)23(26-17-3-2-4-18(27)22(17)21)31-12-20(28)30-15-8-6-14(24)7-9-15/h5-10H,2-4,12H2,1H3. The van der Waals surface area contributed by atoms with Crippen LogP contribution >= 0.6 is 27.7 Å². The van der Waals surface area contributed by atoms with Gasteiger partial charge in [-0.15, -0.1) is 0 Å². The molecule has 0 spiro atoms. The Labute approximate surface area is 191 Å². The highest BCUT2D eigenvalue weighted by Gasteiger charge is 2.29. The van der Waals surface area contributed by atoms with Crippen LogP contribution in [0.3, 0.4) is 0 Å². The summed E-state index contributed by atoms with van der Waals surface area (Å²) >= 11 is 4.46. The van der Waals surface area contributed by atoms with E-state index in [4.69, 9.17) is 9.15 Å².